The highest BCUT2D eigenvalue weighted by molar-refractivity contribution is 6.03. The Hall–Kier alpha value is -2.93. The molecular weight excluding hydrogens is 364 g/mol. The standard InChI is InChI=1S/C22H28N6O/c1-15-21(16(2)27(3)26-15)19-13-20(25-24-19)22(29)23-18-9-7-8-17(12-18)14-28-10-5-4-6-11-28/h7-9,12-13H,4-6,10-11,14H2,1-3H3,(H,23,29)(H,24,25). The Labute approximate surface area is 171 Å². The van der Waals surface area contributed by atoms with Gasteiger partial charge in [0.05, 0.1) is 11.4 Å². The molecule has 3 heterocycles. The number of piperidine rings is 1. The van der Waals surface area contributed by atoms with Crippen LogP contribution in [0.2, 0.25) is 0 Å². The maximum Gasteiger partial charge on any atom is 0.273 e. The lowest BCUT2D eigenvalue weighted by Gasteiger charge is -2.26. The fraction of sp³-hybridized carbons (Fsp3) is 0.409. The number of nitrogens with one attached hydrogen (secondary N) is 2. The van der Waals surface area contributed by atoms with Crippen LogP contribution < -0.4 is 5.32 Å². The highest BCUT2D eigenvalue weighted by Gasteiger charge is 2.17. The average Bonchev–Trinajstić information content (AvgIpc) is 3.27. The fourth-order valence-corrected chi connectivity index (χ4v) is 4.03. The van der Waals surface area contributed by atoms with Gasteiger partial charge in [0.25, 0.3) is 5.91 Å². The molecule has 0 aliphatic carbocycles. The van der Waals surface area contributed by atoms with Gasteiger partial charge in [0.15, 0.2) is 0 Å². The lowest BCUT2D eigenvalue weighted by atomic mass is 10.1. The van der Waals surface area contributed by atoms with E-state index >= 15 is 0 Å². The monoisotopic (exact) mass is 392 g/mol. The molecule has 1 amide bonds. The highest BCUT2D eigenvalue weighted by atomic mass is 16.1. The second kappa shape index (κ2) is 8.21. The van der Waals surface area contributed by atoms with Crippen LogP contribution in [0.4, 0.5) is 5.69 Å². The number of aromatic amines is 1. The third-order valence-corrected chi connectivity index (χ3v) is 5.63. The van der Waals surface area contributed by atoms with Crippen molar-refractivity contribution in [1.82, 2.24) is 24.9 Å². The van der Waals surface area contributed by atoms with Gasteiger partial charge in [-0.2, -0.15) is 10.2 Å². The Bertz CT molecular complexity index is 1010. The summed E-state index contributed by atoms with van der Waals surface area (Å²) in [6, 6.07) is 9.87. The molecule has 2 N–H and O–H groups in total. The van der Waals surface area contributed by atoms with Gasteiger partial charge in [0.2, 0.25) is 0 Å². The van der Waals surface area contributed by atoms with Crippen LogP contribution in [0.25, 0.3) is 11.3 Å². The molecule has 1 saturated heterocycles. The van der Waals surface area contributed by atoms with Crippen molar-refractivity contribution >= 4 is 11.6 Å². The summed E-state index contributed by atoms with van der Waals surface area (Å²) < 4.78 is 1.83. The van der Waals surface area contributed by atoms with Crippen LogP contribution in [0.5, 0.6) is 0 Å². The number of aryl methyl sites for hydroxylation is 2. The molecular formula is C22H28N6O. The molecule has 29 heavy (non-hydrogen) atoms. The van der Waals surface area contributed by atoms with Gasteiger partial charge in [-0.15, -0.1) is 0 Å². The summed E-state index contributed by atoms with van der Waals surface area (Å²) in [7, 11) is 1.91. The zero-order chi connectivity index (χ0) is 20.4. The van der Waals surface area contributed by atoms with Crippen LogP contribution in [-0.4, -0.2) is 43.9 Å². The van der Waals surface area contributed by atoms with E-state index < -0.39 is 0 Å². The normalized spacial score (nSPS) is 14.9. The first-order valence-electron chi connectivity index (χ1n) is 10.2. The van der Waals surface area contributed by atoms with E-state index in [1.807, 2.05) is 37.7 Å². The minimum atomic E-state index is -0.196. The summed E-state index contributed by atoms with van der Waals surface area (Å²) in [4.78, 5) is 15.2. The number of anilines is 1. The van der Waals surface area contributed by atoms with Gasteiger partial charge in [-0.3, -0.25) is 19.5 Å². The molecule has 0 saturated carbocycles. The van der Waals surface area contributed by atoms with Gasteiger partial charge in [0.1, 0.15) is 5.69 Å². The largest absolute Gasteiger partial charge is 0.321 e. The van der Waals surface area contributed by atoms with Crippen molar-refractivity contribution < 1.29 is 4.79 Å². The Morgan fingerprint density at radius 2 is 1.97 bits per heavy atom. The average molecular weight is 393 g/mol. The van der Waals surface area contributed by atoms with Crippen LogP contribution in [-0.2, 0) is 13.6 Å². The van der Waals surface area contributed by atoms with Gasteiger partial charge < -0.3 is 5.32 Å². The Morgan fingerprint density at radius 3 is 2.69 bits per heavy atom. The van der Waals surface area contributed by atoms with E-state index in [2.05, 4.69) is 37.6 Å². The molecule has 2 aromatic heterocycles. The van der Waals surface area contributed by atoms with Crippen LogP contribution in [0, 0.1) is 13.8 Å². The molecule has 0 spiro atoms. The molecule has 7 heteroatoms. The predicted molar refractivity (Wildman–Crippen MR) is 114 cm³/mol. The molecule has 7 nitrogen and oxygen atoms in total. The fourth-order valence-electron chi connectivity index (χ4n) is 4.03. The van der Waals surface area contributed by atoms with Gasteiger partial charge in [0, 0.05) is 30.5 Å². The summed E-state index contributed by atoms with van der Waals surface area (Å²) in [6.45, 7) is 7.18. The zero-order valence-corrected chi connectivity index (χ0v) is 17.3. The van der Waals surface area contributed by atoms with Crippen molar-refractivity contribution in [3.63, 3.8) is 0 Å². The van der Waals surface area contributed by atoms with E-state index in [1.54, 1.807) is 6.07 Å². The van der Waals surface area contributed by atoms with Gasteiger partial charge in [-0.05, 0) is 63.5 Å². The van der Waals surface area contributed by atoms with Gasteiger partial charge >= 0.3 is 0 Å². The summed E-state index contributed by atoms with van der Waals surface area (Å²) >= 11 is 0. The van der Waals surface area contributed by atoms with E-state index in [0.717, 1.165) is 48.0 Å². The number of benzene rings is 1. The predicted octanol–water partition coefficient (Wildman–Crippen LogP) is 3.67. The van der Waals surface area contributed by atoms with Crippen molar-refractivity contribution in [2.75, 3.05) is 18.4 Å². The Morgan fingerprint density at radius 1 is 1.17 bits per heavy atom. The number of hydrogen-bond donors (Lipinski definition) is 2. The van der Waals surface area contributed by atoms with Crippen LogP contribution in [0.3, 0.4) is 0 Å². The second-order valence-corrected chi connectivity index (χ2v) is 7.83. The highest BCUT2D eigenvalue weighted by Crippen LogP contribution is 2.25. The molecule has 1 aliphatic heterocycles. The molecule has 0 bridgehead atoms. The first-order chi connectivity index (χ1) is 14.0. The SMILES string of the molecule is Cc1nn(C)c(C)c1-c1cc(C(=O)Nc2cccc(CN3CCCCC3)c2)[nH]n1. The first kappa shape index (κ1) is 19.4. The van der Waals surface area contributed by atoms with E-state index in [0.29, 0.717) is 5.69 Å². The van der Waals surface area contributed by atoms with Crippen molar-refractivity contribution in [3.8, 4) is 11.3 Å². The smallest absolute Gasteiger partial charge is 0.273 e. The summed E-state index contributed by atoms with van der Waals surface area (Å²) in [6.07, 6.45) is 3.87. The first-order valence-corrected chi connectivity index (χ1v) is 10.2. The van der Waals surface area contributed by atoms with Gasteiger partial charge in [-0.1, -0.05) is 18.6 Å². The van der Waals surface area contributed by atoms with Crippen LogP contribution in [0.1, 0.15) is 46.7 Å². The third kappa shape index (κ3) is 4.24. The molecule has 1 aromatic carbocycles. The van der Waals surface area contributed by atoms with Crippen molar-refractivity contribution in [2.24, 2.45) is 7.05 Å². The second-order valence-electron chi connectivity index (χ2n) is 7.83. The maximum atomic E-state index is 12.7. The molecule has 1 fully saturated rings. The maximum absolute atomic E-state index is 12.7. The number of amides is 1. The summed E-state index contributed by atoms with van der Waals surface area (Å²) in [5.74, 6) is -0.196. The molecule has 152 valence electrons. The van der Waals surface area contributed by atoms with Crippen molar-refractivity contribution in [3.05, 3.63) is 53.0 Å². The minimum absolute atomic E-state index is 0.196. The van der Waals surface area contributed by atoms with Crippen LogP contribution in [0.15, 0.2) is 30.3 Å². The number of likely N-dealkylation sites (tertiary alicyclic amines) is 1. The van der Waals surface area contributed by atoms with E-state index in [9.17, 15) is 4.79 Å². The summed E-state index contributed by atoms with van der Waals surface area (Å²) in [5, 5.41) is 14.6. The zero-order valence-electron chi connectivity index (χ0n) is 17.3. The number of rotatable bonds is 5. The Kier molecular flexibility index (Phi) is 5.49. The number of H-pyrrole nitrogens is 1. The molecule has 0 unspecified atom stereocenters. The lowest BCUT2D eigenvalue weighted by Crippen LogP contribution is -2.29. The topological polar surface area (TPSA) is 78.8 Å². The molecule has 4 rings (SSSR count). The quantitative estimate of drug-likeness (QED) is 0.694. The number of carbonyl (C=O) groups is 1. The Balaban J connectivity index is 1.46. The third-order valence-electron chi connectivity index (χ3n) is 5.63. The molecule has 3 aromatic rings. The van der Waals surface area contributed by atoms with Gasteiger partial charge in [-0.25, -0.2) is 0 Å². The van der Waals surface area contributed by atoms with Crippen molar-refractivity contribution in [2.45, 2.75) is 39.7 Å². The van der Waals surface area contributed by atoms with E-state index in [-0.39, 0.29) is 5.91 Å². The van der Waals surface area contributed by atoms with Crippen LogP contribution >= 0.6 is 0 Å². The summed E-state index contributed by atoms with van der Waals surface area (Å²) in [5.41, 5.74) is 6.07. The van der Waals surface area contributed by atoms with E-state index in [1.165, 1.54) is 24.8 Å². The van der Waals surface area contributed by atoms with Crippen molar-refractivity contribution in [1.29, 1.82) is 0 Å². The number of carbonyl (C=O) groups excluding carboxylic acids is 1. The lowest BCUT2D eigenvalue weighted by molar-refractivity contribution is 0.102. The molecule has 0 radical (unpaired) electrons. The number of hydrogen-bond acceptors (Lipinski definition) is 4. The molecule has 1 aliphatic rings. The number of aromatic nitrogens is 4. The number of nitrogens with zero attached hydrogens (tertiary/aromatic N) is 4. The minimum Gasteiger partial charge on any atom is -0.321 e. The molecule has 0 atom stereocenters. The van der Waals surface area contributed by atoms with E-state index in [4.69, 9.17) is 0 Å².